The molecule has 0 saturated heterocycles. The summed E-state index contributed by atoms with van der Waals surface area (Å²) in [6, 6.07) is 11.7. The van der Waals surface area contributed by atoms with Gasteiger partial charge in [-0.25, -0.2) is 0 Å². The molecule has 2 aromatic carbocycles. The van der Waals surface area contributed by atoms with Gasteiger partial charge in [-0.15, -0.1) is 6.42 Å². The lowest BCUT2D eigenvalue weighted by atomic mass is 10.0. The predicted molar refractivity (Wildman–Crippen MR) is 104 cm³/mol. The highest BCUT2D eigenvalue weighted by Gasteiger charge is 2.24. The highest BCUT2D eigenvalue weighted by atomic mass is 16.5. The van der Waals surface area contributed by atoms with E-state index in [0.29, 0.717) is 23.0 Å². The summed E-state index contributed by atoms with van der Waals surface area (Å²) in [6.07, 6.45) is 7.49. The van der Waals surface area contributed by atoms with Crippen molar-refractivity contribution in [1.29, 1.82) is 0 Å². The Morgan fingerprint density at radius 3 is 2.93 bits per heavy atom. The van der Waals surface area contributed by atoms with Gasteiger partial charge in [0.2, 0.25) is 5.82 Å². The van der Waals surface area contributed by atoms with Crippen LogP contribution in [0.2, 0.25) is 0 Å². The highest BCUT2D eigenvalue weighted by Crippen LogP contribution is 2.36. The maximum atomic E-state index is 6.18. The fraction of sp³-hybridized carbons (Fsp3) is 0.273. The van der Waals surface area contributed by atoms with E-state index >= 15 is 0 Å². The number of benzene rings is 2. The minimum atomic E-state index is 0.0419. The monoisotopic (exact) mass is 359 g/mol. The van der Waals surface area contributed by atoms with Crippen molar-refractivity contribution >= 4 is 0 Å². The topological polar surface area (TPSA) is 74.2 Å². The summed E-state index contributed by atoms with van der Waals surface area (Å²) in [4.78, 5) is 4.61. The van der Waals surface area contributed by atoms with Gasteiger partial charge in [-0.1, -0.05) is 29.3 Å². The van der Waals surface area contributed by atoms with Crippen molar-refractivity contribution in [2.24, 2.45) is 5.73 Å². The van der Waals surface area contributed by atoms with Crippen LogP contribution in [-0.2, 0) is 6.42 Å². The number of hydrogen-bond acceptors (Lipinski definition) is 5. The first-order valence-electron chi connectivity index (χ1n) is 9.05. The van der Waals surface area contributed by atoms with Gasteiger partial charge in [0.05, 0.1) is 6.10 Å². The number of terminal acetylenes is 1. The van der Waals surface area contributed by atoms with Gasteiger partial charge in [0.15, 0.2) is 0 Å². The van der Waals surface area contributed by atoms with E-state index in [1.54, 1.807) is 0 Å². The molecular formula is C22H21N3O2. The summed E-state index contributed by atoms with van der Waals surface area (Å²) in [6.45, 7) is 3.93. The zero-order valence-corrected chi connectivity index (χ0v) is 15.4. The molecule has 0 radical (unpaired) electrons. The van der Waals surface area contributed by atoms with Crippen molar-refractivity contribution in [3.05, 3.63) is 53.1 Å². The van der Waals surface area contributed by atoms with Crippen molar-refractivity contribution in [1.82, 2.24) is 10.1 Å². The molecule has 1 aromatic heterocycles. The summed E-state index contributed by atoms with van der Waals surface area (Å²) < 4.78 is 11.3. The molecular weight excluding hydrogens is 338 g/mol. The largest absolute Gasteiger partial charge is 0.491 e. The Hall–Kier alpha value is -3.10. The average Bonchev–Trinajstić information content (AvgIpc) is 3.28. The Bertz CT molecular complexity index is 1030. The van der Waals surface area contributed by atoms with E-state index in [2.05, 4.69) is 22.1 Å². The molecule has 5 heteroatoms. The molecule has 0 amide bonds. The van der Waals surface area contributed by atoms with E-state index in [0.717, 1.165) is 24.0 Å². The normalized spacial score (nSPS) is 15.6. The Kier molecular flexibility index (Phi) is 4.43. The molecule has 0 aliphatic heterocycles. The fourth-order valence-corrected chi connectivity index (χ4v) is 3.49. The first kappa shape index (κ1) is 17.3. The molecule has 0 spiro atoms. The third-order valence-corrected chi connectivity index (χ3v) is 4.68. The summed E-state index contributed by atoms with van der Waals surface area (Å²) >= 11 is 0. The van der Waals surface area contributed by atoms with Gasteiger partial charge in [-0.05, 0) is 56.0 Å². The molecule has 5 nitrogen and oxygen atoms in total. The van der Waals surface area contributed by atoms with Crippen LogP contribution >= 0.6 is 0 Å². The van der Waals surface area contributed by atoms with E-state index in [9.17, 15) is 0 Å². The SMILES string of the molecule is C#Cc1cc(OC(C)C)cc(-c2nc(-c3cccc4c3CC[C@H]4N)no2)c1. The molecule has 3 aromatic rings. The van der Waals surface area contributed by atoms with Crippen molar-refractivity contribution in [3.63, 3.8) is 0 Å². The second kappa shape index (κ2) is 6.90. The number of ether oxygens (including phenoxy) is 1. The third kappa shape index (κ3) is 3.32. The number of nitrogens with two attached hydrogens (primary N) is 1. The maximum Gasteiger partial charge on any atom is 0.258 e. The molecule has 1 aliphatic rings. The molecule has 4 rings (SSSR count). The van der Waals surface area contributed by atoms with E-state index in [1.165, 1.54) is 11.1 Å². The van der Waals surface area contributed by atoms with E-state index in [1.807, 2.05) is 44.2 Å². The molecule has 1 atom stereocenters. The number of hydrogen-bond donors (Lipinski definition) is 1. The lowest BCUT2D eigenvalue weighted by molar-refractivity contribution is 0.242. The zero-order chi connectivity index (χ0) is 19.0. The van der Waals surface area contributed by atoms with Crippen LogP contribution < -0.4 is 10.5 Å². The molecule has 1 aliphatic carbocycles. The Labute approximate surface area is 158 Å². The smallest absolute Gasteiger partial charge is 0.258 e. The van der Waals surface area contributed by atoms with Crippen LogP contribution in [0.1, 0.15) is 43.0 Å². The summed E-state index contributed by atoms with van der Waals surface area (Å²) in [7, 11) is 0. The number of rotatable bonds is 4. The van der Waals surface area contributed by atoms with Gasteiger partial charge in [-0.3, -0.25) is 0 Å². The first-order valence-corrected chi connectivity index (χ1v) is 9.05. The third-order valence-electron chi connectivity index (χ3n) is 4.68. The maximum absolute atomic E-state index is 6.18. The molecule has 0 saturated carbocycles. The van der Waals surface area contributed by atoms with Crippen LogP contribution in [0.15, 0.2) is 40.9 Å². The van der Waals surface area contributed by atoms with Gasteiger partial charge in [0.25, 0.3) is 5.89 Å². The van der Waals surface area contributed by atoms with Crippen LogP contribution in [0.3, 0.4) is 0 Å². The van der Waals surface area contributed by atoms with Crippen molar-refractivity contribution in [2.45, 2.75) is 38.8 Å². The molecule has 27 heavy (non-hydrogen) atoms. The minimum Gasteiger partial charge on any atom is -0.491 e. The lowest BCUT2D eigenvalue weighted by Crippen LogP contribution is -2.05. The quantitative estimate of drug-likeness (QED) is 0.709. The summed E-state index contributed by atoms with van der Waals surface area (Å²) in [5.74, 6) is 4.30. The van der Waals surface area contributed by atoms with Gasteiger partial charge in [0.1, 0.15) is 5.75 Å². The van der Waals surface area contributed by atoms with Gasteiger partial charge < -0.3 is 15.0 Å². The Morgan fingerprint density at radius 1 is 1.30 bits per heavy atom. The Morgan fingerprint density at radius 2 is 2.15 bits per heavy atom. The van der Waals surface area contributed by atoms with Crippen LogP contribution in [0.4, 0.5) is 0 Å². The van der Waals surface area contributed by atoms with E-state index < -0.39 is 0 Å². The predicted octanol–water partition coefficient (Wildman–Crippen LogP) is 4.12. The van der Waals surface area contributed by atoms with Crippen LogP contribution in [0, 0.1) is 12.3 Å². The van der Waals surface area contributed by atoms with E-state index in [-0.39, 0.29) is 12.1 Å². The molecule has 136 valence electrons. The molecule has 2 N–H and O–H groups in total. The second-order valence-corrected chi connectivity index (χ2v) is 7.00. The molecule has 0 unspecified atom stereocenters. The number of aromatic nitrogens is 2. The number of fused-ring (bicyclic) bond motifs is 1. The van der Waals surface area contributed by atoms with Gasteiger partial charge in [-0.2, -0.15) is 4.98 Å². The fourth-order valence-electron chi connectivity index (χ4n) is 3.49. The minimum absolute atomic E-state index is 0.0419. The summed E-state index contributed by atoms with van der Waals surface area (Å²) in [5, 5.41) is 4.19. The van der Waals surface area contributed by atoms with Crippen molar-refractivity contribution in [3.8, 4) is 40.9 Å². The number of nitrogens with zero attached hydrogens (tertiary/aromatic N) is 2. The average molecular weight is 359 g/mol. The van der Waals surface area contributed by atoms with E-state index in [4.69, 9.17) is 21.4 Å². The standard InChI is InChI=1S/C22H21N3O2/c1-4-14-10-15(12-16(11-14)26-13(2)3)22-24-21(25-27-22)19-7-5-6-18-17(19)8-9-20(18)23/h1,5-7,10-13,20H,8-9,23H2,2-3H3/t20-/m1/s1. The highest BCUT2D eigenvalue weighted by molar-refractivity contribution is 5.67. The van der Waals surface area contributed by atoms with Crippen molar-refractivity contribution in [2.75, 3.05) is 0 Å². The molecule has 0 bridgehead atoms. The van der Waals surface area contributed by atoms with Crippen molar-refractivity contribution < 1.29 is 9.26 Å². The Balaban J connectivity index is 1.73. The molecule has 1 heterocycles. The summed E-state index contributed by atoms with van der Waals surface area (Å²) in [5.41, 5.74) is 11.0. The van der Waals surface area contributed by atoms with Crippen LogP contribution in [0.25, 0.3) is 22.8 Å². The second-order valence-electron chi connectivity index (χ2n) is 7.00. The van der Waals surface area contributed by atoms with Gasteiger partial charge in [0, 0.05) is 22.7 Å². The lowest BCUT2D eigenvalue weighted by Gasteiger charge is -2.10. The first-order chi connectivity index (χ1) is 13.0. The molecule has 0 fully saturated rings. The van der Waals surface area contributed by atoms with Crippen LogP contribution in [0.5, 0.6) is 5.75 Å². The van der Waals surface area contributed by atoms with Gasteiger partial charge >= 0.3 is 0 Å². The zero-order valence-electron chi connectivity index (χ0n) is 15.4. The van der Waals surface area contributed by atoms with Crippen LogP contribution in [-0.4, -0.2) is 16.2 Å².